The molecule has 1 unspecified atom stereocenters. The second-order valence-electron chi connectivity index (χ2n) is 9.97. The lowest BCUT2D eigenvalue weighted by molar-refractivity contribution is -0.129. The molecule has 1 aliphatic rings. The number of halogens is 3. The molecule has 260 valence electrons. The van der Waals surface area contributed by atoms with E-state index in [0.717, 1.165) is 11.8 Å². The fourth-order valence-corrected chi connectivity index (χ4v) is 7.96. The summed E-state index contributed by atoms with van der Waals surface area (Å²) in [7, 11) is -9.82. The van der Waals surface area contributed by atoms with Crippen LogP contribution in [0.4, 0.5) is 29.5 Å². The highest BCUT2D eigenvalue weighted by Crippen LogP contribution is 2.55. The molecular weight excluding hydrogens is 715 g/mol. The van der Waals surface area contributed by atoms with Gasteiger partial charge in [-0.3, -0.25) is 19.0 Å². The van der Waals surface area contributed by atoms with Crippen LogP contribution >= 0.6 is 38.7 Å². The molecule has 23 heteroatoms. The van der Waals surface area contributed by atoms with Gasteiger partial charge in [0, 0.05) is 23.7 Å². The minimum Gasteiger partial charge on any atom is -0.438 e. The van der Waals surface area contributed by atoms with Crippen LogP contribution in [0, 0.1) is 0 Å². The van der Waals surface area contributed by atoms with Gasteiger partial charge in [-0.1, -0.05) is 30.0 Å². The number of aromatic nitrogens is 4. The van der Waals surface area contributed by atoms with Gasteiger partial charge in [-0.2, -0.15) is 24.9 Å². The number of hydrogen-bond acceptors (Lipinski definition) is 13. The van der Waals surface area contributed by atoms with Crippen LogP contribution in [-0.2, 0) is 23.1 Å². The predicted octanol–water partition coefficient (Wildman–Crippen LogP) is 3.86. The topological polar surface area (TPSA) is 227 Å². The van der Waals surface area contributed by atoms with Gasteiger partial charge >= 0.3 is 27.5 Å². The molecule has 0 bridgehead atoms. The van der Waals surface area contributed by atoms with Gasteiger partial charge in [0.1, 0.15) is 12.2 Å². The van der Waals surface area contributed by atoms with Gasteiger partial charge in [-0.25, -0.2) is 19.7 Å². The molecular formula is C24H31F3N6O10P2S2. The third kappa shape index (κ3) is 11.0. The normalized spacial score (nSPS) is 21.4. The summed E-state index contributed by atoms with van der Waals surface area (Å²) < 4.78 is 79.6. The second kappa shape index (κ2) is 15.8. The van der Waals surface area contributed by atoms with Crippen LogP contribution in [0.1, 0.15) is 12.6 Å². The van der Waals surface area contributed by atoms with Gasteiger partial charge in [-0.15, -0.1) is 0 Å². The van der Waals surface area contributed by atoms with Gasteiger partial charge in [0.2, 0.25) is 0 Å². The number of carbonyl (C=O) groups excluding carboxylic acids is 1. The van der Waals surface area contributed by atoms with E-state index in [1.165, 1.54) is 22.7 Å². The Balaban J connectivity index is 1.67. The highest BCUT2D eigenvalue weighted by atomic mass is 32.2. The Morgan fingerprint density at radius 3 is 2.53 bits per heavy atom. The Morgan fingerprint density at radius 2 is 1.87 bits per heavy atom. The summed E-state index contributed by atoms with van der Waals surface area (Å²) in [5.74, 6) is -1.01. The number of anilines is 2. The number of para-hydroxylation sites is 1. The molecule has 1 aromatic carbocycles. The maximum absolute atomic E-state index is 12.9. The Morgan fingerprint density at radius 1 is 1.15 bits per heavy atom. The van der Waals surface area contributed by atoms with Crippen molar-refractivity contribution in [3.05, 3.63) is 36.7 Å². The molecule has 1 amide bonds. The Bertz CT molecular complexity index is 1620. The van der Waals surface area contributed by atoms with Crippen molar-refractivity contribution >= 4 is 67.5 Å². The van der Waals surface area contributed by atoms with E-state index in [1.807, 2.05) is 6.26 Å². The predicted molar refractivity (Wildman–Crippen MR) is 167 cm³/mol. The van der Waals surface area contributed by atoms with E-state index in [9.17, 15) is 37.1 Å². The van der Waals surface area contributed by atoms with Gasteiger partial charge in [0.15, 0.2) is 40.4 Å². The Kier molecular flexibility index (Phi) is 12.6. The molecule has 0 saturated carbocycles. The molecule has 6 N–H and O–H groups in total. The van der Waals surface area contributed by atoms with Crippen LogP contribution in [0.15, 0.2) is 41.8 Å². The first kappa shape index (κ1) is 37.4. The summed E-state index contributed by atoms with van der Waals surface area (Å²) in [6.07, 6.45) is -9.61. The summed E-state index contributed by atoms with van der Waals surface area (Å²) >= 11 is 2.27. The SMILES string of the molecule is CSCCNc1nc(SCCC(F)(F)F)nc2c1ncn2[C@@H]1O[C@H](COP(=O)(O)CP(=O)(O)O)[C@@H](O)[C@H]1OC(=O)Nc1ccccc1. The van der Waals surface area contributed by atoms with Crippen LogP contribution in [-0.4, -0.2) is 107 Å². The highest BCUT2D eigenvalue weighted by molar-refractivity contribution is 7.99. The molecule has 2 aromatic heterocycles. The van der Waals surface area contributed by atoms with Crippen LogP contribution in [0.5, 0.6) is 0 Å². The molecule has 16 nitrogen and oxygen atoms in total. The van der Waals surface area contributed by atoms with Gasteiger partial charge in [0.25, 0.3) is 0 Å². The average molecular weight is 747 g/mol. The number of amides is 1. The summed E-state index contributed by atoms with van der Waals surface area (Å²) in [5, 5.41) is 16.7. The highest BCUT2D eigenvalue weighted by Gasteiger charge is 2.49. The van der Waals surface area contributed by atoms with E-state index >= 15 is 0 Å². The van der Waals surface area contributed by atoms with E-state index in [-0.39, 0.29) is 27.9 Å². The molecule has 5 atom stereocenters. The molecule has 0 aliphatic carbocycles. The maximum Gasteiger partial charge on any atom is 0.412 e. The van der Waals surface area contributed by atoms with Gasteiger partial charge in [-0.05, 0) is 18.4 Å². The molecule has 0 spiro atoms. The Labute approximate surface area is 273 Å². The number of nitrogens with one attached hydrogen (secondary N) is 2. The Hall–Kier alpha value is -2.45. The summed E-state index contributed by atoms with van der Waals surface area (Å²) in [6.45, 7) is -0.431. The van der Waals surface area contributed by atoms with Crippen molar-refractivity contribution in [1.82, 2.24) is 19.5 Å². The van der Waals surface area contributed by atoms with Crippen molar-refractivity contribution in [3.63, 3.8) is 0 Å². The molecule has 0 radical (unpaired) electrons. The van der Waals surface area contributed by atoms with Crippen molar-refractivity contribution in [2.45, 2.75) is 42.3 Å². The fourth-order valence-electron chi connectivity index (χ4n) is 4.26. The molecule has 1 fully saturated rings. The number of thioether (sulfide) groups is 2. The third-order valence-corrected chi connectivity index (χ3v) is 11.2. The minimum atomic E-state index is -4.96. The van der Waals surface area contributed by atoms with Crippen molar-refractivity contribution in [1.29, 1.82) is 0 Å². The van der Waals surface area contributed by atoms with E-state index in [4.69, 9.17) is 23.8 Å². The number of alkyl halides is 3. The number of imidazole rings is 1. The van der Waals surface area contributed by atoms with E-state index < -0.39 is 70.9 Å². The first-order valence-corrected chi connectivity index (χ1v) is 19.5. The quantitative estimate of drug-likeness (QED) is 0.0562. The first-order chi connectivity index (χ1) is 22.0. The number of aliphatic hydroxyl groups is 1. The smallest absolute Gasteiger partial charge is 0.412 e. The lowest BCUT2D eigenvalue weighted by Crippen LogP contribution is -2.38. The summed E-state index contributed by atoms with van der Waals surface area (Å²) in [6, 6.07) is 8.15. The van der Waals surface area contributed by atoms with E-state index in [2.05, 4.69) is 25.6 Å². The van der Waals surface area contributed by atoms with Crippen molar-refractivity contribution < 1.29 is 60.9 Å². The second-order valence-corrected chi connectivity index (χ2v) is 16.0. The minimum absolute atomic E-state index is 0.0336. The molecule has 4 rings (SSSR count). The number of benzene rings is 1. The summed E-state index contributed by atoms with van der Waals surface area (Å²) in [4.78, 5) is 54.0. The number of carbonyl (C=O) groups is 1. The third-order valence-electron chi connectivity index (χ3n) is 6.27. The molecule has 3 aromatic rings. The number of nitrogens with zero attached hydrogens (tertiary/aromatic N) is 4. The van der Waals surface area contributed by atoms with Crippen LogP contribution in [0.3, 0.4) is 0 Å². The number of ether oxygens (including phenoxy) is 2. The molecule has 47 heavy (non-hydrogen) atoms. The molecule has 3 heterocycles. The van der Waals surface area contributed by atoms with Crippen molar-refractivity contribution in [2.24, 2.45) is 0 Å². The summed E-state index contributed by atoms with van der Waals surface area (Å²) in [5.41, 5.74) is 0.563. The van der Waals surface area contributed by atoms with Gasteiger partial charge < -0.3 is 39.1 Å². The maximum atomic E-state index is 12.9. The van der Waals surface area contributed by atoms with Crippen LogP contribution in [0.25, 0.3) is 11.2 Å². The zero-order valence-corrected chi connectivity index (χ0v) is 27.8. The average Bonchev–Trinajstić information content (AvgIpc) is 3.51. The van der Waals surface area contributed by atoms with E-state index in [0.29, 0.717) is 18.0 Å². The zero-order valence-electron chi connectivity index (χ0n) is 24.4. The largest absolute Gasteiger partial charge is 0.438 e. The fraction of sp³-hybridized carbons (Fsp3) is 0.500. The van der Waals surface area contributed by atoms with Crippen molar-refractivity contribution in [3.8, 4) is 0 Å². The number of aliphatic hydroxyl groups excluding tert-OH is 1. The first-order valence-electron chi connectivity index (χ1n) is 13.6. The number of rotatable bonds is 15. The number of hydrogen-bond donors (Lipinski definition) is 6. The molecule has 1 saturated heterocycles. The zero-order chi connectivity index (χ0) is 34.4. The standard InChI is InChI=1S/C24H31F3N6O10P2S2/c1-46-10-8-28-19-16-20(32-22(31-19)47-9-7-24(25,26)27)33(12-29-16)21-18(43-23(35)30-14-5-3-2-4-6-14)17(34)15(42-21)11-41-45(39,40)13-44(36,37)38/h2-6,12,15,17-18,21,34H,7-11,13H2,1H3,(H,30,35)(H,39,40)(H,28,31,32)(H2,36,37,38)/t15-,17-,18-,21-/m1/s1. The lowest BCUT2D eigenvalue weighted by atomic mass is 10.1. The molecule has 1 aliphatic heterocycles. The monoisotopic (exact) mass is 746 g/mol. The van der Waals surface area contributed by atoms with E-state index in [1.54, 1.807) is 30.3 Å². The van der Waals surface area contributed by atoms with Crippen molar-refractivity contribution in [2.75, 3.05) is 47.4 Å². The lowest BCUT2D eigenvalue weighted by Gasteiger charge is -2.22. The van der Waals surface area contributed by atoms with Crippen LogP contribution in [0.2, 0.25) is 0 Å². The van der Waals surface area contributed by atoms with Crippen LogP contribution < -0.4 is 10.6 Å². The van der Waals surface area contributed by atoms with Gasteiger partial charge in [0.05, 0.1) is 19.4 Å². The number of fused-ring (bicyclic) bond motifs is 1.